The molecule has 0 aliphatic rings. The van der Waals surface area contributed by atoms with E-state index in [4.69, 9.17) is 4.43 Å². The first-order chi connectivity index (χ1) is 7.28. The SMILES string of the molecule is CC(C)(C)[Si](C)(C)Oc1ccccc1CI. The van der Waals surface area contributed by atoms with Crippen LogP contribution >= 0.6 is 22.6 Å². The lowest BCUT2D eigenvalue weighted by Gasteiger charge is -2.37. The van der Waals surface area contributed by atoms with E-state index in [9.17, 15) is 0 Å². The number of hydrogen-bond donors (Lipinski definition) is 0. The summed E-state index contributed by atoms with van der Waals surface area (Å²) in [6, 6.07) is 8.37. The van der Waals surface area contributed by atoms with Gasteiger partial charge in [0.1, 0.15) is 5.75 Å². The maximum absolute atomic E-state index is 6.32. The minimum absolute atomic E-state index is 0.255. The van der Waals surface area contributed by atoms with Crippen molar-refractivity contribution in [3.05, 3.63) is 29.8 Å². The van der Waals surface area contributed by atoms with Crippen LogP contribution in [0.25, 0.3) is 0 Å². The van der Waals surface area contributed by atoms with E-state index < -0.39 is 8.32 Å². The summed E-state index contributed by atoms with van der Waals surface area (Å²) in [6.07, 6.45) is 0. The second-order valence-electron chi connectivity index (χ2n) is 5.60. The third kappa shape index (κ3) is 3.23. The quantitative estimate of drug-likeness (QED) is 0.424. The van der Waals surface area contributed by atoms with Gasteiger partial charge in [-0.3, -0.25) is 0 Å². The van der Waals surface area contributed by atoms with Crippen molar-refractivity contribution in [2.75, 3.05) is 0 Å². The zero-order valence-electron chi connectivity index (χ0n) is 10.8. The predicted octanol–water partition coefficient (Wildman–Crippen LogP) is 5.01. The van der Waals surface area contributed by atoms with Crippen LogP contribution in [0, 0.1) is 0 Å². The molecule has 3 heteroatoms. The van der Waals surface area contributed by atoms with Gasteiger partial charge in [-0.2, -0.15) is 0 Å². The van der Waals surface area contributed by atoms with Crippen LogP contribution in [0.3, 0.4) is 0 Å². The van der Waals surface area contributed by atoms with Gasteiger partial charge in [-0.1, -0.05) is 61.6 Å². The molecule has 0 atom stereocenters. The Labute approximate surface area is 114 Å². The summed E-state index contributed by atoms with van der Waals surface area (Å²) in [5, 5.41) is 0.255. The summed E-state index contributed by atoms with van der Waals surface area (Å²) in [7, 11) is -1.70. The second-order valence-corrected chi connectivity index (χ2v) is 11.1. The number of alkyl halides is 1. The summed E-state index contributed by atoms with van der Waals surface area (Å²) < 4.78 is 7.32. The molecule has 0 aliphatic carbocycles. The van der Waals surface area contributed by atoms with Crippen LogP contribution in [0.15, 0.2) is 24.3 Å². The van der Waals surface area contributed by atoms with Gasteiger partial charge in [0.05, 0.1) is 0 Å². The van der Waals surface area contributed by atoms with Gasteiger partial charge >= 0.3 is 0 Å². The molecule has 0 saturated carbocycles. The first kappa shape index (κ1) is 14.0. The summed E-state index contributed by atoms with van der Waals surface area (Å²) in [6.45, 7) is 11.4. The molecule has 1 nitrogen and oxygen atoms in total. The molecule has 0 heterocycles. The summed E-state index contributed by atoms with van der Waals surface area (Å²) in [4.78, 5) is 0. The van der Waals surface area contributed by atoms with Crippen LogP contribution in [-0.2, 0) is 4.43 Å². The highest BCUT2D eigenvalue weighted by Crippen LogP contribution is 2.38. The molecule has 0 saturated heterocycles. The minimum Gasteiger partial charge on any atom is -0.543 e. The van der Waals surface area contributed by atoms with Gasteiger partial charge in [-0.25, -0.2) is 0 Å². The predicted molar refractivity (Wildman–Crippen MR) is 82.0 cm³/mol. The van der Waals surface area contributed by atoms with Crippen molar-refractivity contribution < 1.29 is 4.43 Å². The van der Waals surface area contributed by atoms with Gasteiger partial charge in [0.15, 0.2) is 0 Å². The molecule has 1 aromatic rings. The number of halogens is 1. The molecule has 1 rings (SSSR count). The van der Waals surface area contributed by atoms with E-state index in [-0.39, 0.29) is 5.04 Å². The molecule has 1 aromatic carbocycles. The van der Waals surface area contributed by atoms with Crippen LogP contribution in [0.5, 0.6) is 5.75 Å². The molecule has 0 unspecified atom stereocenters. The fraction of sp³-hybridized carbons (Fsp3) is 0.538. The third-order valence-corrected chi connectivity index (χ3v) is 8.45. The highest BCUT2D eigenvalue weighted by molar-refractivity contribution is 14.1. The summed E-state index contributed by atoms with van der Waals surface area (Å²) in [5.41, 5.74) is 1.30. The van der Waals surface area contributed by atoms with E-state index in [2.05, 4.69) is 80.7 Å². The molecule has 0 amide bonds. The first-order valence-corrected chi connectivity index (χ1v) is 10.0. The Balaban J connectivity index is 2.96. The van der Waals surface area contributed by atoms with Crippen molar-refractivity contribution in [3.8, 4) is 5.75 Å². The Kier molecular flexibility index (Phi) is 4.46. The van der Waals surface area contributed by atoms with Crippen molar-refractivity contribution >= 4 is 30.9 Å². The van der Waals surface area contributed by atoms with Crippen LogP contribution in [0.4, 0.5) is 0 Å². The van der Waals surface area contributed by atoms with Gasteiger partial charge in [0.25, 0.3) is 0 Å². The van der Waals surface area contributed by atoms with E-state index in [0.717, 1.165) is 10.2 Å². The average molecular weight is 348 g/mol. The molecular weight excluding hydrogens is 327 g/mol. The Morgan fingerprint density at radius 1 is 1.19 bits per heavy atom. The summed E-state index contributed by atoms with van der Waals surface area (Å²) >= 11 is 2.39. The number of benzene rings is 1. The van der Waals surface area contributed by atoms with Gasteiger partial charge in [0, 0.05) is 9.99 Å². The molecule has 0 bridgehead atoms. The smallest absolute Gasteiger partial charge is 0.250 e. The lowest BCUT2D eigenvalue weighted by molar-refractivity contribution is 0.489. The summed E-state index contributed by atoms with van der Waals surface area (Å²) in [5.74, 6) is 1.07. The zero-order valence-corrected chi connectivity index (χ0v) is 14.0. The molecule has 0 aromatic heterocycles. The molecule has 0 N–H and O–H groups in total. The topological polar surface area (TPSA) is 9.23 Å². The lowest BCUT2D eigenvalue weighted by atomic mass is 10.2. The van der Waals surface area contributed by atoms with Crippen LogP contribution in [-0.4, -0.2) is 8.32 Å². The third-order valence-electron chi connectivity index (χ3n) is 3.29. The highest BCUT2D eigenvalue weighted by atomic mass is 127. The van der Waals surface area contributed by atoms with Gasteiger partial charge in [-0.15, -0.1) is 0 Å². The Morgan fingerprint density at radius 3 is 2.25 bits per heavy atom. The highest BCUT2D eigenvalue weighted by Gasteiger charge is 2.39. The van der Waals surface area contributed by atoms with Crippen molar-refractivity contribution in [1.82, 2.24) is 0 Å². The van der Waals surface area contributed by atoms with Crippen LogP contribution in [0.2, 0.25) is 18.1 Å². The molecule has 0 spiro atoms. The minimum atomic E-state index is -1.70. The van der Waals surface area contributed by atoms with Crippen molar-refractivity contribution in [3.63, 3.8) is 0 Å². The Bertz CT molecular complexity index is 355. The van der Waals surface area contributed by atoms with E-state index in [1.54, 1.807) is 0 Å². The largest absolute Gasteiger partial charge is 0.543 e. The fourth-order valence-corrected chi connectivity index (χ4v) is 2.83. The Hall–Kier alpha value is -0.0331. The first-order valence-electron chi connectivity index (χ1n) is 5.61. The van der Waals surface area contributed by atoms with Crippen molar-refractivity contribution in [1.29, 1.82) is 0 Å². The monoisotopic (exact) mass is 348 g/mol. The molecule has 16 heavy (non-hydrogen) atoms. The Morgan fingerprint density at radius 2 is 1.75 bits per heavy atom. The van der Waals surface area contributed by atoms with Gasteiger partial charge in [-0.05, 0) is 24.2 Å². The zero-order chi connectivity index (χ0) is 12.4. The van der Waals surface area contributed by atoms with E-state index in [1.807, 2.05) is 0 Å². The second kappa shape index (κ2) is 5.08. The van der Waals surface area contributed by atoms with Crippen LogP contribution < -0.4 is 4.43 Å². The maximum atomic E-state index is 6.32. The molecule has 0 fully saturated rings. The van der Waals surface area contributed by atoms with Crippen molar-refractivity contribution in [2.45, 2.75) is 43.3 Å². The van der Waals surface area contributed by atoms with E-state index in [0.29, 0.717) is 0 Å². The molecule has 90 valence electrons. The normalized spacial score (nSPS) is 12.6. The fourth-order valence-electron chi connectivity index (χ4n) is 1.14. The number of para-hydroxylation sites is 1. The molecular formula is C13H21IOSi. The van der Waals surface area contributed by atoms with Crippen molar-refractivity contribution in [2.24, 2.45) is 0 Å². The standard InChI is InChI=1S/C13H21IOSi/c1-13(2,3)16(4,5)15-12-9-7-6-8-11(12)10-14/h6-9H,10H2,1-5H3. The average Bonchev–Trinajstić information content (AvgIpc) is 2.16. The molecule has 0 aliphatic heterocycles. The van der Waals surface area contributed by atoms with Gasteiger partial charge < -0.3 is 4.43 Å². The maximum Gasteiger partial charge on any atom is 0.250 e. The lowest BCUT2D eigenvalue weighted by Crippen LogP contribution is -2.44. The number of hydrogen-bond acceptors (Lipinski definition) is 1. The van der Waals surface area contributed by atoms with E-state index >= 15 is 0 Å². The molecule has 0 radical (unpaired) electrons. The number of rotatable bonds is 3. The van der Waals surface area contributed by atoms with Crippen LogP contribution in [0.1, 0.15) is 26.3 Å². The van der Waals surface area contributed by atoms with Gasteiger partial charge in [0.2, 0.25) is 8.32 Å². The van der Waals surface area contributed by atoms with E-state index in [1.165, 1.54) is 5.56 Å².